The van der Waals surface area contributed by atoms with Crippen LogP contribution in [0.1, 0.15) is 98.6 Å². The van der Waals surface area contributed by atoms with Crippen LogP contribution >= 0.6 is 11.6 Å². The maximum absolute atomic E-state index is 13.8. The Morgan fingerprint density at radius 2 is 1.42 bits per heavy atom. The van der Waals surface area contributed by atoms with Gasteiger partial charge in [-0.25, -0.2) is 14.5 Å². The number of carboxylic acid groups (broad SMARTS) is 1. The standard InChI is InChI=1S/C55H56ClN5O3/c1-36-29-43(30-37(2)52(36)56)31-40-15-18-44(19-16-40)49(61-53-51(38(3)58-61)48(54(63)64)35-46(57-53)22-17-39-11-8-7-9-12-39)33-41-13-10-14-42(32-41)34-50(62)60-27-25-59(26-28-60)47-23-20-45(21-24-47)55(4,5)6/h7-24,29-30,32,35,49H,25-28,31,33-34H2,1-6H3,(H,63,64). The van der Waals surface area contributed by atoms with Gasteiger partial charge >= 0.3 is 5.97 Å². The lowest BCUT2D eigenvalue weighted by molar-refractivity contribution is -0.130. The van der Waals surface area contributed by atoms with Crippen molar-refractivity contribution in [3.05, 3.63) is 193 Å². The van der Waals surface area contributed by atoms with Crippen LogP contribution in [-0.2, 0) is 29.5 Å². The third kappa shape index (κ3) is 9.98. The Labute approximate surface area is 381 Å². The number of anilines is 1. The molecule has 3 heterocycles. The average molecular weight is 871 g/mol. The zero-order valence-electron chi connectivity index (χ0n) is 37.6. The lowest BCUT2D eigenvalue weighted by Gasteiger charge is -2.36. The molecule has 7 aromatic rings. The fourth-order valence-electron chi connectivity index (χ4n) is 8.89. The van der Waals surface area contributed by atoms with Crippen LogP contribution in [0.4, 0.5) is 5.69 Å². The number of hydrogen-bond donors (Lipinski definition) is 1. The zero-order valence-corrected chi connectivity index (χ0v) is 38.4. The number of carbonyl (C=O) groups is 2. The van der Waals surface area contributed by atoms with Crippen molar-refractivity contribution in [3.8, 4) is 0 Å². The van der Waals surface area contributed by atoms with E-state index >= 15 is 0 Å². The first-order valence-electron chi connectivity index (χ1n) is 22.1. The average Bonchev–Trinajstić information content (AvgIpc) is 3.62. The van der Waals surface area contributed by atoms with E-state index in [-0.39, 0.29) is 22.9 Å². The predicted molar refractivity (Wildman–Crippen MR) is 261 cm³/mol. The van der Waals surface area contributed by atoms with E-state index in [9.17, 15) is 14.7 Å². The molecule has 1 amide bonds. The van der Waals surface area contributed by atoms with Gasteiger partial charge in [-0.05, 0) is 113 Å². The van der Waals surface area contributed by atoms with Crippen LogP contribution in [0, 0.1) is 20.8 Å². The Balaban J connectivity index is 1.08. The summed E-state index contributed by atoms with van der Waals surface area (Å²) >= 11 is 6.50. The van der Waals surface area contributed by atoms with E-state index < -0.39 is 5.97 Å². The van der Waals surface area contributed by atoms with E-state index in [1.807, 2.05) is 85.0 Å². The van der Waals surface area contributed by atoms with Crippen LogP contribution in [0.5, 0.6) is 0 Å². The lowest BCUT2D eigenvalue weighted by Crippen LogP contribution is -2.49. The van der Waals surface area contributed by atoms with E-state index in [2.05, 4.69) is 98.5 Å². The van der Waals surface area contributed by atoms with Crippen LogP contribution in [0.15, 0.2) is 121 Å². The molecule has 8 rings (SSSR count). The first-order valence-corrected chi connectivity index (χ1v) is 22.5. The number of pyridine rings is 1. The molecular formula is C55H56ClN5O3. The molecule has 8 nitrogen and oxygen atoms in total. The molecule has 64 heavy (non-hydrogen) atoms. The Kier molecular flexibility index (Phi) is 12.9. The summed E-state index contributed by atoms with van der Waals surface area (Å²) in [6.45, 7) is 15.5. The van der Waals surface area contributed by atoms with Gasteiger partial charge in [-0.3, -0.25) is 4.79 Å². The second-order valence-corrected chi connectivity index (χ2v) is 18.6. The van der Waals surface area contributed by atoms with Gasteiger partial charge < -0.3 is 14.9 Å². The topological polar surface area (TPSA) is 91.6 Å². The van der Waals surface area contributed by atoms with Gasteiger partial charge in [-0.1, -0.05) is 142 Å². The highest BCUT2D eigenvalue weighted by Crippen LogP contribution is 2.32. The molecule has 2 aromatic heterocycles. The maximum atomic E-state index is 13.8. The van der Waals surface area contributed by atoms with Gasteiger partial charge in [0.05, 0.1) is 34.8 Å². The summed E-state index contributed by atoms with van der Waals surface area (Å²) < 4.78 is 1.89. The van der Waals surface area contributed by atoms with E-state index in [4.69, 9.17) is 21.7 Å². The molecule has 0 spiro atoms. The Morgan fingerprint density at radius 3 is 2.08 bits per heavy atom. The smallest absolute Gasteiger partial charge is 0.336 e. The summed E-state index contributed by atoms with van der Waals surface area (Å²) in [5, 5.41) is 16.8. The molecule has 9 heteroatoms. The van der Waals surface area contributed by atoms with Gasteiger partial charge in [-0.2, -0.15) is 5.10 Å². The third-order valence-corrected chi connectivity index (χ3v) is 13.0. The van der Waals surface area contributed by atoms with E-state index in [0.29, 0.717) is 48.4 Å². The van der Waals surface area contributed by atoms with Gasteiger partial charge in [0.1, 0.15) is 0 Å². The van der Waals surface area contributed by atoms with Gasteiger partial charge in [-0.15, -0.1) is 0 Å². The molecule has 1 N–H and O–H groups in total. The minimum atomic E-state index is -1.04. The highest BCUT2D eigenvalue weighted by Gasteiger charge is 2.26. The number of halogens is 1. The van der Waals surface area contributed by atoms with Crippen LogP contribution in [-0.4, -0.2) is 62.8 Å². The molecule has 1 aliphatic rings. The second kappa shape index (κ2) is 18.7. The van der Waals surface area contributed by atoms with Gasteiger partial charge in [0, 0.05) is 36.9 Å². The Morgan fingerprint density at radius 1 is 0.750 bits per heavy atom. The summed E-state index contributed by atoms with van der Waals surface area (Å²) in [6, 6.07) is 41.1. The lowest BCUT2D eigenvalue weighted by atomic mass is 9.87. The quantitative estimate of drug-likeness (QED) is 0.131. The second-order valence-electron chi connectivity index (χ2n) is 18.2. The molecule has 0 saturated carbocycles. The number of aryl methyl sites for hydroxylation is 3. The van der Waals surface area contributed by atoms with Crippen LogP contribution in [0.3, 0.4) is 0 Å². The number of carboxylic acids is 1. The number of fused-ring (bicyclic) bond motifs is 1. The fourth-order valence-corrected chi connectivity index (χ4v) is 9.00. The molecule has 1 unspecified atom stereocenters. The normalized spacial score (nSPS) is 13.8. The van der Waals surface area contributed by atoms with Crippen molar-refractivity contribution in [2.45, 2.75) is 72.3 Å². The summed E-state index contributed by atoms with van der Waals surface area (Å²) in [5.41, 5.74) is 12.8. The van der Waals surface area contributed by atoms with Crippen molar-refractivity contribution in [2.24, 2.45) is 0 Å². The summed E-state index contributed by atoms with van der Waals surface area (Å²) in [5.74, 6) is -0.917. The summed E-state index contributed by atoms with van der Waals surface area (Å²) in [7, 11) is 0. The number of piperazine rings is 1. The molecule has 326 valence electrons. The van der Waals surface area contributed by atoms with Gasteiger partial charge in [0.25, 0.3) is 0 Å². The zero-order chi connectivity index (χ0) is 45.1. The van der Waals surface area contributed by atoms with Crippen LogP contribution in [0.25, 0.3) is 23.2 Å². The van der Waals surface area contributed by atoms with Crippen LogP contribution < -0.4 is 4.90 Å². The molecule has 5 aromatic carbocycles. The molecule has 1 saturated heterocycles. The molecule has 1 atom stereocenters. The van der Waals surface area contributed by atoms with Crippen molar-refractivity contribution in [2.75, 3.05) is 31.1 Å². The third-order valence-electron chi connectivity index (χ3n) is 12.4. The molecule has 0 bridgehead atoms. The molecule has 0 aliphatic carbocycles. The number of amides is 1. The number of hydrogen-bond acceptors (Lipinski definition) is 5. The van der Waals surface area contributed by atoms with E-state index in [0.717, 1.165) is 63.5 Å². The molecule has 1 aliphatic heterocycles. The largest absolute Gasteiger partial charge is 0.478 e. The summed E-state index contributed by atoms with van der Waals surface area (Å²) in [4.78, 5) is 36.0. The molecular weight excluding hydrogens is 814 g/mol. The van der Waals surface area contributed by atoms with Crippen molar-refractivity contribution in [1.29, 1.82) is 0 Å². The number of carbonyl (C=O) groups excluding carboxylic acids is 1. The number of aromatic carboxylic acids is 1. The van der Waals surface area contributed by atoms with Gasteiger partial charge in [0.2, 0.25) is 5.91 Å². The predicted octanol–water partition coefficient (Wildman–Crippen LogP) is 11.5. The van der Waals surface area contributed by atoms with Crippen LogP contribution in [0.2, 0.25) is 5.02 Å². The molecule has 0 radical (unpaired) electrons. The SMILES string of the molecule is Cc1cc(Cc2ccc(C(Cc3cccc(CC(=O)N4CCN(c5ccc(C(C)(C)C)cc5)CC4)c3)n3nc(C)c4c(C(=O)O)cc(C=Cc5ccccc5)nc43)cc2)cc(C)c1Cl. The van der Waals surface area contributed by atoms with Crippen molar-refractivity contribution in [3.63, 3.8) is 0 Å². The number of rotatable bonds is 12. The maximum Gasteiger partial charge on any atom is 0.336 e. The van der Waals surface area contributed by atoms with Gasteiger partial charge in [0.15, 0.2) is 5.65 Å². The molecule has 1 fully saturated rings. The first kappa shape index (κ1) is 44.1. The minimum absolute atomic E-state index is 0.103. The summed E-state index contributed by atoms with van der Waals surface area (Å²) in [6.07, 6.45) is 5.38. The van der Waals surface area contributed by atoms with Crippen molar-refractivity contribution >= 4 is 52.4 Å². The minimum Gasteiger partial charge on any atom is -0.478 e. The van der Waals surface area contributed by atoms with Crippen molar-refractivity contribution < 1.29 is 14.7 Å². The van der Waals surface area contributed by atoms with Crippen molar-refractivity contribution in [1.82, 2.24) is 19.7 Å². The monoisotopic (exact) mass is 869 g/mol. The number of aromatic nitrogens is 3. The number of nitrogens with zero attached hydrogens (tertiary/aromatic N) is 5. The Bertz CT molecular complexity index is 2810. The van der Waals surface area contributed by atoms with E-state index in [1.165, 1.54) is 16.8 Å². The fraction of sp³-hybridized carbons (Fsp3) is 0.273. The highest BCUT2D eigenvalue weighted by atomic mass is 35.5. The Hall–Kier alpha value is -6.51. The van der Waals surface area contributed by atoms with E-state index in [1.54, 1.807) is 6.07 Å². The number of benzene rings is 5. The first-order chi connectivity index (χ1) is 30.7. The highest BCUT2D eigenvalue weighted by molar-refractivity contribution is 6.32.